The molecule has 8 N–H and O–H groups in total. The van der Waals surface area contributed by atoms with Crippen LogP contribution >= 0.6 is 11.8 Å². The first-order valence-electron chi connectivity index (χ1n) is 9.26. The maximum Gasteiger partial charge on any atom is 0.326 e. The molecule has 0 saturated carbocycles. The SMILES string of the molecule is CSCCC(N)C(=O)NC(CCC(=O)O)C(=O)NCC(=O)NC(CCC(=O)O)C(=O)O. The van der Waals surface area contributed by atoms with Gasteiger partial charge in [-0.25, -0.2) is 4.79 Å². The summed E-state index contributed by atoms with van der Waals surface area (Å²) >= 11 is 1.47. The van der Waals surface area contributed by atoms with E-state index in [0.717, 1.165) is 0 Å². The van der Waals surface area contributed by atoms with E-state index in [1.54, 1.807) is 0 Å². The fourth-order valence-corrected chi connectivity index (χ4v) is 2.74. The molecule has 0 aromatic carbocycles. The lowest BCUT2D eigenvalue weighted by Gasteiger charge is -2.20. The van der Waals surface area contributed by atoms with Crippen molar-refractivity contribution >= 4 is 47.4 Å². The minimum atomic E-state index is -1.46. The van der Waals surface area contributed by atoms with Gasteiger partial charge in [0.15, 0.2) is 0 Å². The number of aliphatic carboxylic acids is 3. The molecule has 0 heterocycles. The zero-order valence-corrected chi connectivity index (χ0v) is 17.8. The molecule has 3 unspecified atom stereocenters. The molecule has 0 radical (unpaired) electrons. The molecular formula is C17H28N4O9S. The van der Waals surface area contributed by atoms with Crippen molar-refractivity contribution in [3.8, 4) is 0 Å². The number of carboxylic acid groups (broad SMARTS) is 3. The summed E-state index contributed by atoms with van der Waals surface area (Å²) in [5.41, 5.74) is 5.73. The highest BCUT2D eigenvalue weighted by Gasteiger charge is 2.26. The summed E-state index contributed by atoms with van der Waals surface area (Å²) < 4.78 is 0. The lowest BCUT2D eigenvalue weighted by molar-refractivity contribution is -0.143. The fraction of sp³-hybridized carbons (Fsp3) is 0.647. The molecule has 176 valence electrons. The zero-order chi connectivity index (χ0) is 24.0. The number of hydrogen-bond donors (Lipinski definition) is 7. The quantitative estimate of drug-likeness (QED) is 0.132. The first-order valence-corrected chi connectivity index (χ1v) is 10.7. The van der Waals surface area contributed by atoms with Crippen LogP contribution in [0, 0.1) is 0 Å². The third-order valence-electron chi connectivity index (χ3n) is 3.95. The standard InChI is InChI=1S/C17H28N4O9S/c1-31-7-6-9(18)15(27)21-10(2-4-13(23)24)16(28)19-8-12(22)20-11(17(29)30)3-5-14(25)26/h9-11H,2-8,18H2,1H3,(H,19,28)(H,20,22)(H,21,27)(H,23,24)(H,25,26)(H,29,30). The highest BCUT2D eigenvalue weighted by atomic mass is 32.2. The summed E-state index contributed by atoms with van der Waals surface area (Å²) in [6, 6.07) is -3.63. The molecule has 0 aromatic rings. The third kappa shape index (κ3) is 13.1. The number of amides is 3. The maximum absolute atomic E-state index is 12.3. The molecule has 0 aliphatic rings. The van der Waals surface area contributed by atoms with Crippen molar-refractivity contribution in [1.82, 2.24) is 16.0 Å². The van der Waals surface area contributed by atoms with Crippen LogP contribution in [0.15, 0.2) is 0 Å². The van der Waals surface area contributed by atoms with E-state index in [4.69, 9.17) is 21.1 Å². The molecule has 14 heteroatoms. The Hall–Kier alpha value is -2.87. The van der Waals surface area contributed by atoms with Gasteiger partial charge in [0.25, 0.3) is 0 Å². The molecular weight excluding hydrogens is 436 g/mol. The Bertz CT molecular complexity index is 674. The number of carbonyl (C=O) groups excluding carboxylic acids is 3. The molecule has 0 aliphatic carbocycles. The van der Waals surface area contributed by atoms with Gasteiger partial charge in [-0.3, -0.25) is 24.0 Å². The van der Waals surface area contributed by atoms with Crippen molar-refractivity contribution < 1.29 is 44.1 Å². The van der Waals surface area contributed by atoms with E-state index in [0.29, 0.717) is 12.2 Å². The number of hydrogen-bond acceptors (Lipinski definition) is 8. The number of thioether (sulfide) groups is 1. The zero-order valence-electron chi connectivity index (χ0n) is 17.0. The Labute approximate surface area is 182 Å². The van der Waals surface area contributed by atoms with Crippen LogP contribution in [0.4, 0.5) is 0 Å². The molecule has 0 aromatic heterocycles. The van der Waals surface area contributed by atoms with Crippen LogP contribution in [0.1, 0.15) is 32.1 Å². The van der Waals surface area contributed by atoms with Crippen molar-refractivity contribution in [2.45, 2.75) is 50.2 Å². The predicted octanol–water partition coefficient (Wildman–Crippen LogP) is -2.03. The van der Waals surface area contributed by atoms with Gasteiger partial charge < -0.3 is 37.0 Å². The fourth-order valence-electron chi connectivity index (χ4n) is 2.25. The Morgan fingerprint density at radius 1 is 0.839 bits per heavy atom. The van der Waals surface area contributed by atoms with Crippen LogP contribution in [0.25, 0.3) is 0 Å². The lowest BCUT2D eigenvalue weighted by Crippen LogP contribution is -2.53. The topological polar surface area (TPSA) is 225 Å². The van der Waals surface area contributed by atoms with E-state index < -0.39 is 73.1 Å². The minimum absolute atomic E-state index is 0.250. The molecule has 3 amide bonds. The maximum atomic E-state index is 12.3. The molecule has 0 saturated heterocycles. The average Bonchev–Trinajstić information content (AvgIpc) is 2.69. The number of nitrogens with one attached hydrogen (secondary N) is 3. The van der Waals surface area contributed by atoms with Crippen molar-refractivity contribution in [3.05, 3.63) is 0 Å². The van der Waals surface area contributed by atoms with Crippen molar-refractivity contribution in [2.75, 3.05) is 18.6 Å². The predicted molar refractivity (Wildman–Crippen MR) is 109 cm³/mol. The van der Waals surface area contributed by atoms with Crippen LogP contribution < -0.4 is 21.7 Å². The first kappa shape index (κ1) is 28.1. The van der Waals surface area contributed by atoms with Crippen LogP contribution in [0.5, 0.6) is 0 Å². The molecule has 0 bridgehead atoms. The molecule has 3 atom stereocenters. The van der Waals surface area contributed by atoms with E-state index in [1.165, 1.54) is 11.8 Å². The summed E-state index contributed by atoms with van der Waals surface area (Å²) in [5, 5.41) is 33.1. The van der Waals surface area contributed by atoms with Crippen molar-refractivity contribution in [1.29, 1.82) is 0 Å². The van der Waals surface area contributed by atoms with E-state index in [2.05, 4.69) is 16.0 Å². The molecule has 0 spiro atoms. The summed E-state index contributed by atoms with van der Waals surface area (Å²) in [6.07, 6.45) is 0.658. The largest absolute Gasteiger partial charge is 0.481 e. The van der Waals surface area contributed by atoms with Gasteiger partial charge in [-0.15, -0.1) is 0 Å². The molecule has 0 aliphatic heterocycles. The lowest BCUT2D eigenvalue weighted by atomic mass is 10.1. The van der Waals surface area contributed by atoms with E-state index >= 15 is 0 Å². The minimum Gasteiger partial charge on any atom is -0.481 e. The number of nitrogens with two attached hydrogens (primary N) is 1. The first-order chi connectivity index (χ1) is 14.5. The van der Waals surface area contributed by atoms with E-state index in [1.807, 2.05) is 6.26 Å². The summed E-state index contributed by atoms with van der Waals surface area (Å²) in [7, 11) is 0. The Balaban J connectivity index is 4.86. The Morgan fingerprint density at radius 2 is 1.39 bits per heavy atom. The van der Waals surface area contributed by atoms with Gasteiger partial charge in [0.05, 0.1) is 12.6 Å². The van der Waals surface area contributed by atoms with Gasteiger partial charge in [0.1, 0.15) is 12.1 Å². The van der Waals surface area contributed by atoms with Gasteiger partial charge in [-0.1, -0.05) is 0 Å². The number of carboxylic acids is 3. The van der Waals surface area contributed by atoms with Gasteiger partial charge in [-0.05, 0) is 31.3 Å². The van der Waals surface area contributed by atoms with Gasteiger partial charge >= 0.3 is 17.9 Å². The second kappa shape index (κ2) is 15.0. The smallest absolute Gasteiger partial charge is 0.326 e. The molecule has 31 heavy (non-hydrogen) atoms. The summed E-state index contributed by atoms with van der Waals surface area (Å²) in [5.74, 6) is -5.66. The number of rotatable bonds is 16. The molecule has 13 nitrogen and oxygen atoms in total. The van der Waals surface area contributed by atoms with Crippen LogP contribution in [0.2, 0.25) is 0 Å². The van der Waals surface area contributed by atoms with Crippen LogP contribution in [0.3, 0.4) is 0 Å². The normalized spacial score (nSPS) is 13.4. The second-order valence-corrected chi connectivity index (χ2v) is 7.48. The summed E-state index contributed by atoms with van der Waals surface area (Å²) in [6.45, 7) is -0.659. The van der Waals surface area contributed by atoms with Crippen LogP contribution in [-0.2, 0) is 28.8 Å². The van der Waals surface area contributed by atoms with Gasteiger partial charge in [0.2, 0.25) is 17.7 Å². The average molecular weight is 464 g/mol. The Kier molecular flexibility index (Phi) is 13.6. The van der Waals surface area contributed by atoms with E-state index in [-0.39, 0.29) is 12.8 Å². The van der Waals surface area contributed by atoms with Crippen LogP contribution in [-0.4, -0.2) is 87.6 Å². The molecule has 0 fully saturated rings. The Morgan fingerprint density at radius 3 is 1.87 bits per heavy atom. The van der Waals surface area contributed by atoms with Crippen molar-refractivity contribution in [3.63, 3.8) is 0 Å². The second-order valence-electron chi connectivity index (χ2n) is 6.49. The monoisotopic (exact) mass is 464 g/mol. The highest BCUT2D eigenvalue weighted by molar-refractivity contribution is 7.98. The van der Waals surface area contributed by atoms with Gasteiger partial charge in [0, 0.05) is 12.8 Å². The molecule has 0 rings (SSSR count). The highest BCUT2D eigenvalue weighted by Crippen LogP contribution is 2.03. The van der Waals surface area contributed by atoms with Gasteiger partial charge in [-0.2, -0.15) is 11.8 Å². The third-order valence-corrected chi connectivity index (χ3v) is 4.60. The van der Waals surface area contributed by atoms with E-state index in [9.17, 15) is 28.8 Å². The summed E-state index contributed by atoms with van der Waals surface area (Å²) in [4.78, 5) is 68.8. The van der Waals surface area contributed by atoms with Crippen molar-refractivity contribution in [2.24, 2.45) is 5.73 Å². The number of carbonyl (C=O) groups is 6.